The lowest BCUT2D eigenvalue weighted by Gasteiger charge is -2.29. The van der Waals surface area contributed by atoms with E-state index in [1.807, 2.05) is 0 Å². The number of nitrogens with zero attached hydrogens (tertiary/aromatic N) is 1. The molecule has 88 valence electrons. The van der Waals surface area contributed by atoms with Crippen molar-refractivity contribution in [3.63, 3.8) is 0 Å². The maximum absolute atomic E-state index is 10.3. The van der Waals surface area contributed by atoms with Crippen LogP contribution >= 0.6 is 0 Å². The van der Waals surface area contributed by atoms with Crippen molar-refractivity contribution in [1.82, 2.24) is 4.90 Å². The highest BCUT2D eigenvalue weighted by Gasteiger charge is 2.14. The number of hydrogen-bond donors (Lipinski definition) is 2. The van der Waals surface area contributed by atoms with Crippen LogP contribution in [0.3, 0.4) is 0 Å². The van der Waals surface area contributed by atoms with Crippen molar-refractivity contribution >= 4 is 5.97 Å². The summed E-state index contributed by atoms with van der Waals surface area (Å²) in [6, 6.07) is 0.397. The second kappa shape index (κ2) is 6.80. The first-order valence-corrected chi connectivity index (χ1v) is 5.88. The quantitative estimate of drug-likeness (QED) is 0.649. The Morgan fingerprint density at radius 1 is 1.27 bits per heavy atom. The van der Waals surface area contributed by atoms with Crippen molar-refractivity contribution < 1.29 is 9.90 Å². The van der Waals surface area contributed by atoms with E-state index in [0.717, 1.165) is 51.7 Å². The van der Waals surface area contributed by atoms with Gasteiger partial charge in [0, 0.05) is 12.5 Å². The summed E-state index contributed by atoms with van der Waals surface area (Å²) < 4.78 is 0. The molecule has 1 fully saturated rings. The molecular weight excluding hydrogens is 192 g/mol. The monoisotopic (exact) mass is 214 g/mol. The second-order valence-electron chi connectivity index (χ2n) is 4.38. The molecule has 0 atom stereocenters. The molecule has 1 aliphatic rings. The van der Waals surface area contributed by atoms with Crippen molar-refractivity contribution in [1.29, 1.82) is 0 Å². The van der Waals surface area contributed by atoms with Gasteiger partial charge in [-0.15, -0.1) is 0 Å². The van der Waals surface area contributed by atoms with Crippen molar-refractivity contribution in [2.45, 2.75) is 44.6 Å². The number of aliphatic carboxylic acids is 1. The zero-order chi connectivity index (χ0) is 11.1. The van der Waals surface area contributed by atoms with Gasteiger partial charge in [0.15, 0.2) is 0 Å². The molecule has 0 spiro atoms. The predicted octanol–water partition coefficient (Wildman–Crippen LogP) is 1.05. The number of carboxylic acid groups (broad SMARTS) is 1. The molecule has 0 aromatic rings. The van der Waals surface area contributed by atoms with Gasteiger partial charge in [0.2, 0.25) is 0 Å². The van der Waals surface area contributed by atoms with Crippen molar-refractivity contribution in [3.8, 4) is 0 Å². The van der Waals surface area contributed by atoms with E-state index in [1.54, 1.807) is 0 Å². The van der Waals surface area contributed by atoms with E-state index in [1.165, 1.54) is 0 Å². The maximum Gasteiger partial charge on any atom is 0.303 e. The minimum absolute atomic E-state index is 0.310. The molecule has 0 unspecified atom stereocenters. The van der Waals surface area contributed by atoms with Gasteiger partial charge < -0.3 is 15.7 Å². The van der Waals surface area contributed by atoms with Crippen LogP contribution < -0.4 is 5.73 Å². The first kappa shape index (κ1) is 12.5. The summed E-state index contributed by atoms with van der Waals surface area (Å²) in [5, 5.41) is 8.47. The van der Waals surface area contributed by atoms with Crippen molar-refractivity contribution in [2.75, 3.05) is 19.6 Å². The minimum Gasteiger partial charge on any atom is -0.481 e. The minimum atomic E-state index is -0.682. The van der Waals surface area contributed by atoms with Crippen molar-refractivity contribution in [2.24, 2.45) is 5.73 Å². The number of carboxylic acids is 1. The Kier molecular flexibility index (Phi) is 5.65. The van der Waals surface area contributed by atoms with E-state index in [0.29, 0.717) is 12.5 Å². The third-order valence-corrected chi connectivity index (χ3v) is 3.00. The molecule has 0 radical (unpaired) electrons. The summed E-state index contributed by atoms with van der Waals surface area (Å²) in [7, 11) is 0. The summed E-state index contributed by atoms with van der Waals surface area (Å²) in [5.74, 6) is -0.682. The third kappa shape index (κ3) is 5.74. The highest BCUT2D eigenvalue weighted by Crippen LogP contribution is 2.09. The van der Waals surface area contributed by atoms with Crippen LogP contribution in [0.4, 0.5) is 0 Å². The Morgan fingerprint density at radius 2 is 1.93 bits per heavy atom. The first-order valence-electron chi connectivity index (χ1n) is 5.88. The number of rotatable bonds is 6. The molecule has 1 saturated heterocycles. The Labute approximate surface area is 91.4 Å². The molecule has 0 saturated carbocycles. The Bertz CT molecular complexity index is 189. The molecule has 1 heterocycles. The van der Waals surface area contributed by atoms with Gasteiger partial charge in [0.1, 0.15) is 0 Å². The molecule has 0 bridgehead atoms. The number of hydrogen-bond acceptors (Lipinski definition) is 3. The second-order valence-corrected chi connectivity index (χ2v) is 4.38. The smallest absolute Gasteiger partial charge is 0.303 e. The molecule has 3 N–H and O–H groups in total. The highest BCUT2D eigenvalue weighted by atomic mass is 16.4. The molecule has 0 aromatic heterocycles. The van der Waals surface area contributed by atoms with Gasteiger partial charge in [0.05, 0.1) is 0 Å². The Hall–Kier alpha value is -0.610. The van der Waals surface area contributed by atoms with Crippen LogP contribution in [0.15, 0.2) is 0 Å². The van der Waals surface area contributed by atoms with Gasteiger partial charge in [0.25, 0.3) is 0 Å². The molecule has 0 amide bonds. The number of piperidine rings is 1. The van der Waals surface area contributed by atoms with Gasteiger partial charge >= 0.3 is 5.97 Å². The third-order valence-electron chi connectivity index (χ3n) is 3.00. The van der Waals surface area contributed by atoms with Gasteiger partial charge in [-0.1, -0.05) is 6.42 Å². The lowest BCUT2D eigenvalue weighted by atomic mass is 10.1. The van der Waals surface area contributed by atoms with E-state index in [4.69, 9.17) is 10.8 Å². The van der Waals surface area contributed by atoms with Crippen LogP contribution in [0.1, 0.15) is 38.5 Å². The van der Waals surface area contributed by atoms with E-state index < -0.39 is 5.97 Å². The standard InChI is InChI=1S/C11H22N2O2/c12-10-5-8-13(9-6-10)7-3-1-2-4-11(14)15/h10H,1-9,12H2,(H,14,15). The zero-order valence-electron chi connectivity index (χ0n) is 9.32. The fourth-order valence-electron chi connectivity index (χ4n) is 1.96. The van der Waals surface area contributed by atoms with Crippen LogP contribution in [0.25, 0.3) is 0 Å². The Balaban J connectivity index is 1.94. The van der Waals surface area contributed by atoms with Crippen molar-refractivity contribution in [3.05, 3.63) is 0 Å². The zero-order valence-corrected chi connectivity index (χ0v) is 9.32. The Morgan fingerprint density at radius 3 is 2.53 bits per heavy atom. The molecule has 15 heavy (non-hydrogen) atoms. The van der Waals surface area contributed by atoms with Crippen LogP contribution in [0, 0.1) is 0 Å². The predicted molar refractivity (Wildman–Crippen MR) is 59.8 cm³/mol. The number of unbranched alkanes of at least 4 members (excludes halogenated alkanes) is 2. The molecule has 4 nitrogen and oxygen atoms in total. The highest BCUT2D eigenvalue weighted by molar-refractivity contribution is 5.66. The first-order chi connectivity index (χ1) is 7.18. The topological polar surface area (TPSA) is 66.6 Å². The molecule has 1 rings (SSSR count). The van der Waals surface area contributed by atoms with Crippen LogP contribution in [0.2, 0.25) is 0 Å². The number of carbonyl (C=O) groups is 1. The average molecular weight is 214 g/mol. The molecule has 0 aromatic carbocycles. The van der Waals surface area contributed by atoms with E-state index in [9.17, 15) is 4.79 Å². The van der Waals surface area contributed by atoms with Gasteiger partial charge in [-0.25, -0.2) is 0 Å². The van der Waals surface area contributed by atoms with Gasteiger partial charge in [-0.2, -0.15) is 0 Å². The summed E-state index contributed by atoms with van der Waals surface area (Å²) in [6.45, 7) is 3.33. The number of likely N-dealkylation sites (tertiary alicyclic amines) is 1. The molecular formula is C11H22N2O2. The van der Waals surface area contributed by atoms with Gasteiger partial charge in [-0.3, -0.25) is 4.79 Å². The van der Waals surface area contributed by atoms with E-state index in [-0.39, 0.29) is 0 Å². The SMILES string of the molecule is NC1CCN(CCCCCC(=O)O)CC1. The maximum atomic E-state index is 10.3. The molecule has 4 heteroatoms. The molecule has 1 aliphatic heterocycles. The van der Waals surface area contributed by atoms with Crippen LogP contribution in [-0.2, 0) is 4.79 Å². The average Bonchev–Trinajstić information content (AvgIpc) is 2.20. The summed E-state index contributed by atoms with van der Waals surface area (Å²) in [6.07, 6.45) is 5.47. The van der Waals surface area contributed by atoms with Crippen LogP contribution in [0.5, 0.6) is 0 Å². The summed E-state index contributed by atoms with van der Waals surface area (Å²) in [5.41, 5.74) is 5.81. The molecule has 0 aliphatic carbocycles. The largest absolute Gasteiger partial charge is 0.481 e. The lowest BCUT2D eigenvalue weighted by molar-refractivity contribution is -0.137. The number of nitrogens with two attached hydrogens (primary N) is 1. The summed E-state index contributed by atoms with van der Waals surface area (Å²) in [4.78, 5) is 12.7. The fraction of sp³-hybridized carbons (Fsp3) is 0.909. The normalized spacial score (nSPS) is 19.3. The van der Waals surface area contributed by atoms with E-state index in [2.05, 4.69) is 4.90 Å². The lowest BCUT2D eigenvalue weighted by Crippen LogP contribution is -2.39. The van der Waals surface area contributed by atoms with Crippen LogP contribution in [-0.4, -0.2) is 41.7 Å². The van der Waals surface area contributed by atoms with Gasteiger partial charge in [-0.05, 0) is 45.3 Å². The van der Waals surface area contributed by atoms with E-state index >= 15 is 0 Å². The summed E-state index contributed by atoms with van der Waals surface area (Å²) >= 11 is 0. The fourth-order valence-corrected chi connectivity index (χ4v) is 1.96.